The molecule has 0 aromatic heterocycles. The fraction of sp³-hybridized carbons (Fsp3) is 0.316. The van der Waals surface area contributed by atoms with E-state index >= 15 is 0 Å². The predicted octanol–water partition coefficient (Wildman–Crippen LogP) is 4.83. The van der Waals surface area contributed by atoms with Crippen LogP contribution in [0.2, 0.25) is 0 Å². The first-order valence-electron chi connectivity index (χ1n) is 8.59. The zero-order chi connectivity index (χ0) is 21.8. The monoisotopic (exact) mass is 551 g/mol. The van der Waals surface area contributed by atoms with Gasteiger partial charge < -0.3 is 9.84 Å². The summed E-state index contributed by atoms with van der Waals surface area (Å²) in [6.45, 7) is 3.58. The highest BCUT2D eigenvalue weighted by Gasteiger charge is 2.18. The highest BCUT2D eigenvalue weighted by atomic mass is 79.9. The maximum Gasteiger partial charge on any atom is 0.338 e. The first-order chi connectivity index (χ1) is 13.5. The van der Waals surface area contributed by atoms with Gasteiger partial charge in [0.05, 0.1) is 14.7 Å². The molecule has 0 aliphatic carbocycles. The Hall–Kier alpha value is -1.65. The van der Waals surface area contributed by atoms with E-state index in [1.807, 2.05) is 13.0 Å². The van der Waals surface area contributed by atoms with Gasteiger partial charge in [-0.25, -0.2) is 17.6 Å². The summed E-state index contributed by atoms with van der Waals surface area (Å²) in [7, 11) is -3.39. The molecule has 0 fully saturated rings. The summed E-state index contributed by atoms with van der Waals surface area (Å²) in [6.07, 6.45) is -2.25. The molecule has 0 saturated carbocycles. The van der Waals surface area contributed by atoms with E-state index < -0.39 is 22.2 Å². The summed E-state index contributed by atoms with van der Waals surface area (Å²) in [4.78, 5) is 10.7. The molecule has 0 aliphatic heterocycles. The second kappa shape index (κ2) is 9.90. The molecule has 0 spiro atoms. The zero-order valence-electron chi connectivity index (χ0n) is 15.7. The van der Waals surface area contributed by atoms with Crippen LogP contribution in [0.15, 0.2) is 39.3 Å². The Kier molecular flexibility index (Phi) is 8.07. The molecule has 2 aromatic rings. The van der Waals surface area contributed by atoms with Crippen LogP contribution in [0, 0.1) is 6.92 Å². The number of benzene rings is 2. The molecule has 1 atom stereocenters. The molecule has 158 valence electrons. The van der Waals surface area contributed by atoms with Gasteiger partial charge in [0.2, 0.25) is 16.2 Å². The normalized spacial score (nSPS) is 12.4. The number of nitrogens with one attached hydrogen (secondary N) is 1. The molecule has 6 nitrogen and oxygen atoms in total. The third-order valence-corrected chi connectivity index (χ3v) is 6.40. The van der Waals surface area contributed by atoms with Crippen molar-refractivity contribution < 1.29 is 27.4 Å². The van der Waals surface area contributed by atoms with Gasteiger partial charge in [0, 0.05) is 12.1 Å². The first kappa shape index (κ1) is 23.6. The number of aryl methyl sites for hydroxylation is 1. The maximum absolute atomic E-state index is 13.5. The number of halogens is 3. The second-order valence-corrected chi connectivity index (χ2v) is 10.1. The fourth-order valence-electron chi connectivity index (χ4n) is 2.57. The van der Waals surface area contributed by atoms with Crippen LogP contribution < -0.4 is 9.46 Å². The van der Waals surface area contributed by atoms with Gasteiger partial charge in [0.15, 0.2) is 0 Å². The summed E-state index contributed by atoms with van der Waals surface area (Å²) in [5.74, 6) is -1.07. The summed E-state index contributed by atoms with van der Waals surface area (Å²) in [6, 6.07) is 8.50. The topological polar surface area (TPSA) is 92.7 Å². The van der Waals surface area contributed by atoms with Crippen molar-refractivity contribution in [3.8, 4) is 5.75 Å². The molecule has 2 rings (SSSR count). The van der Waals surface area contributed by atoms with E-state index in [9.17, 15) is 17.6 Å². The van der Waals surface area contributed by atoms with Crippen LogP contribution >= 0.6 is 31.9 Å². The summed E-state index contributed by atoms with van der Waals surface area (Å²) in [5, 5.41) is 8.71. The fourth-order valence-corrected chi connectivity index (χ4v) is 4.71. The number of rotatable bonds is 9. The van der Waals surface area contributed by atoms with Gasteiger partial charge in [-0.1, -0.05) is 6.07 Å². The Bertz CT molecular complexity index is 991. The van der Waals surface area contributed by atoms with E-state index in [0.29, 0.717) is 25.9 Å². The molecule has 0 saturated heterocycles. The molecular formula is C19H20Br2FNO5S. The number of aliphatic carboxylic acids is 1. The number of anilines is 1. The Morgan fingerprint density at radius 3 is 2.34 bits per heavy atom. The Morgan fingerprint density at radius 1 is 1.17 bits per heavy atom. The van der Waals surface area contributed by atoms with Gasteiger partial charge in [-0.15, -0.1) is 0 Å². The van der Waals surface area contributed by atoms with Crippen LogP contribution in [0.3, 0.4) is 0 Å². The standard InChI is InChI=1S/C19H20Br2FNO5S/c1-3-29(26,27)23-14-5-11(2)4-13(6-14)10-28-18-15(20)7-12(8-16(18)21)9-17(22)19(24)25/h4-8,17,23H,3,9-10H2,1-2H3,(H,24,25). The lowest BCUT2D eigenvalue weighted by atomic mass is 10.1. The van der Waals surface area contributed by atoms with Crippen LogP contribution in [-0.4, -0.2) is 31.4 Å². The zero-order valence-corrected chi connectivity index (χ0v) is 19.7. The number of carbonyl (C=O) groups is 1. The largest absolute Gasteiger partial charge is 0.487 e. The number of ether oxygens (including phenoxy) is 1. The summed E-state index contributed by atoms with van der Waals surface area (Å²) < 4.78 is 46.5. The molecule has 10 heteroatoms. The lowest BCUT2D eigenvalue weighted by Crippen LogP contribution is -2.17. The third-order valence-electron chi connectivity index (χ3n) is 3.91. The van der Waals surface area contributed by atoms with Crippen LogP contribution in [0.4, 0.5) is 10.1 Å². The highest BCUT2D eigenvalue weighted by molar-refractivity contribution is 9.11. The summed E-state index contributed by atoms with van der Waals surface area (Å²) >= 11 is 6.72. The van der Waals surface area contributed by atoms with E-state index in [4.69, 9.17) is 9.84 Å². The van der Waals surface area contributed by atoms with E-state index in [2.05, 4.69) is 36.6 Å². The lowest BCUT2D eigenvalue weighted by molar-refractivity contribution is -0.142. The Balaban J connectivity index is 2.17. The molecule has 29 heavy (non-hydrogen) atoms. The minimum absolute atomic E-state index is 0.0271. The minimum Gasteiger partial charge on any atom is -0.487 e. The van der Waals surface area contributed by atoms with Crippen molar-refractivity contribution in [1.29, 1.82) is 0 Å². The number of carboxylic acid groups (broad SMARTS) is 1. The van der Waals surface area contributed by atoms with Crippen molar-refractivity contribution in [2.75, 3.05) is 10.5 Å². The Morgan fingerprint density at radius 2 is 1.79 bits per heavy atom. The van der Waals surface area contributed by atoms with E-state index in [-0.39, 0.29) is 18.8 Å². The van der Waals surface area contributed by atoms with Crippen molar-refractivity contribution in [1.82, 2.24) is 0 Å². The smallest absolute Gasteiger partial charge is 0.338 e. The number of hydrogen-bond donors (Lipinski definition) is 2. The van der Waals surface area contributed by atoms with Crippen LogP contribution in [0.25, 0.3) is 0 Å². The number of alkyl halides is 1. The molecule has 0 radical (unpaired) electrons. The molecule has 0 bridgehead atoms. The summed E-state index contributed by atoms with van der Waals surface area (Å²) in [5.41, 5.74) is 2.59. The van der Waals surface area contributed by atoms with Gasteiger partial charge in [-0.05, 0) is 86.7 Å². The SMILES string of the molecule is CCS(=O)(=O)Nc1cc(C)cc(COc2c(Br)cc(CC(F)C(=O)O)cc2Br)c1. The van der Waals surface area contributed by atoms with Gasteiger partial charge in [-0.2, -0.15) is 0 Å². The number of sulfonamides is 1. The van der Waals surface area contributed by atoms with Crippen molar-refractivity contribution in [2.45, 2.75) is 33.0 Å². The molecule has 2 N–H and O–H groups in total. The molecule has 1 unspecified atom stereocenters. The van der Waals surface area contributed by atoms with Gasteiger partial charge in [0.25, 0.3) is 0 Å². The van der Waals surface area contributed by atoms with Crippen molar-refractivity contribution in [3.63, 3.8) is 0 Å². The van der Waals surface area contributed by atoms with Crippen LogP contribution in [0.5, 0.6) is 5.75 Å². The van der Waals surface area contributed by atoms with Crippen molar-refractivity contribution in [3.05, 3.63) is 56.0 Å². The van der Waals surface area contributed by atoms with Gasteiger partial charge in [0.1, 0.15) is 12.4 Å². The van der Waals surface area contributed by atoms with Crippen LogP contribution in [-0.2, 0) is 27.8 Å². The van der Waals surface area contributed by atoms with Gasteiger partial charge >= 0.3 is 5.97 Å². The molecule has 0 heterocycles. The predicted molar refractivity (Wildman–Crippen MR) is 117 cm³/mol. The average molecular weight is 553 g/mol. The molecule has 0 amide bonds. The maximum atomic E-state index is 13.5. The molecule has 2 aromatic carbocycles. The van der Waals surface area contributed by atoms with E-state index in [1.54, 1.807) is 31.2 Å². The highest BCUT2D eigenvalue weighted by Crippen LogP contribution is 2.36. The average Bonchev–Trinajstić information content (AvgIpc) is 2.60. The van der Waals surface area contributed by atoms with Gasteiger partial charge in [-0.3, -0.25) is 4.72 Å². The van der Waals surface area contributed by atoms with Crippen molar-refractivity contribution in [2.24, 2.45) is 0 Å². The molecule has 0 aliphatic rings. The number of hydrogen-bond acceptors (Lipinski definition) is 4. The Labute approximate surface area is 185 Å². The first-order valence-corrected chi connectivity index (χ1v) is 11.8. The number of carboxylic acids is 1. The van der Waals surface area contributed by atoms with Crippen LogP contribution in [0.1, 0.15) is 23.6 Å². The molecular weight excluding hydrogens is 533 g/mol. The second-order valence-electron chi connectivity index (χ2n) is 6.40. The van der Waals surface area contributed by atoms with E-state index in [1.165, 1.54) is 0 Å². The minimum atomic E-state index is -3.39. The van der Waals surface area contributed by atoms with Crippen molar-refractivity contribution >= 4 is 53.5 Å². The third kappa shape index (κ3) is 6.97. The lowest BCUT2D eigenvalue weighted by Gasteiger charge is -2.14. The van der Waals surface area contributed by atoms with E-state index in [0.717, 1.165) is 11.1 Å². The quantitative estimate of drug-likeness (QED) is 0.465.